The predicted octanol–water partition coefficient (Wildman–Crippen LogP) is 2.74. The SMILES string of the molecule is Cc1c(F)ccc(O)c1C1(C(=O)O)CCCC1. The molecule has 1 saturated carbocycles. The first-order chi connectivity index (χ1) is 7.99. The molecule has 1 fully saturated rings. The van der Waals surface area contributed by atoms with Crippen LogP contribution in [0.2, 0.25) is 0 Å². The van der Waals surface area contributed by atoms with Crippen molar-refractivity contribution in [2.24, 2.45) is 0 Å². The van der Waals surface area contributed by atoms with Crippen molar-refractivity contribution >= 4 is 5.97 Å². The van der Waals surface area contributed by atoms with Gasteiger partial charge in [0.25, 0.3) is 0 Å². The molecule has 3 nitrogen and oxygen atoms in total. The molecule has 1 aliphatic rings. The zero-order valence-electron chi connectivity index (χ0n) is 9.66. The molecule has 0 unspecified atom stereocenters. The number of hydrogen-bond acceptors (Lipinski definition) is 2. The van der Waals surface area contributed by atoms with Crippen LogP contribution < -0.4 is 0 Å². The Labute approximate surface area is 98.9 Å². The van der Waals surface area contributed by atoms with Crippen LogP contribution in [0.3, 0.4) is 0 Å². The second kappa shape index (κ2) is 4.02. The van der Waals surface area contributed by atoms with E-state index in [1.807, 2.05) is 0 Å². The number of hydrogen-bond donors (Lipinski definition) is 2. The molecular formula is C13H15FO3. The summed E-state index contributed by atoms with van der Waals surface area (Å²) in [5.41, 5.74) is -0.618. The molecule has 1 aromatic carbocycles. The molecule has 1 aromatic rings. The van der Waals surface area contributed by atoms with Crippen LogP contribution in [0, 0.1) is 12.7 Å². The van der Waals surface area contributed by atoms with Crippen molar-refractivity contribution < 1.29 is 19.4 Å². The fraction of sp³-hybridized carbons (Fsp3) is 0.462. The van der Waals surface area contributed by atoms with E-state index >= 15 is 0 Å². The van der Waals surface area contributed by atoms with Crippen molar-refractivity contribution in [2.75, 3.05) is 0 Å². The summed E-state index contributed by atoms with van der Waals surface area (Å²) in [5, 5.41) is 19.3. The van der Waals surface area contributed by atoms with Crippen LogP contribution in [0.1, 0.15) is 36.8 Å². The minimum absolute atomic E-state index is 0.117. The Balaban J connectivity index is 2.66. The zero-order chi connectivity index (χ0) is 12.6. The van der Waals surface area contributed by atoms with E-state index in [0.29, 0.717) is 12.8 Å². The summed E-state index contributed by atoms with van der Waals surface area (Å²) in [7, 11) is 0. The lowest BCUT2D eigenvalue weighted by atomic mass is 9.76. The molecule has 1 aliphatic carbocycles. The molecule has 0 heterocycles. The number of aromatic hydroxyl groups is 1. The van der Waals surface area contributed by atoms with E-state index in [-0.39, 0.29) is 16.9 Å². The van der Waals surface area contributed by atoms with E-state index in [0.717, 1.165) is 12.8 Å². The first kappa shape index (κ1) is 11.9. The summed E-state index contributed by atoms with van der Waals surface area (Å²) in [4.78, 5) is 11.5. The average Bonchev–Trinajstić information content (AvgIpc) is 2.74. The minimum atomic E-state index is -1.11. The van der Waals surface area contributed by atoms with Crippen LogP contribution in [0.5, 0.6) is 5.75 Å². The van der Waals surface area contributed by atoms with E-state index < -0.39 is 17.2 Å². The van der Waals surface area contributed by atoms with Crippen molar-refractivity contribution in [3.8, 4) is 5.75 Å². The monoisotopic (exact) mass is 238 g/mol. The summed E-state index contributed by atoms with van der Waals surface area (Å²) in [6.07, 6.45) is 2.50. The Morgan fingerprint density at radius 3 is 2.47 bits per heavy atom. The van der Waals surface area contributed by atoms with Gasteiger partial charge in [-0.05, 0) is 37.5 Å². The third-order valence-electron chi connectivity index (χ3n) is 3.72. The molecule has 0 radical (unpaired) electrons. The summed E-state index contributed by atoms with van der Waals surface area (Å²) in [5.74, 6) is -1.56. The Hall–Kier alpha value is -1.58. The molecule has 4 heteroatoms. The lowest BCUT2D eigenvalue weighted by Gasteiger charge is -2.27. The van der Waals surface area contributed by atoms with E-state index in [1.165, 1.54) is 19.1 Å². The Morgan fingerprint density at radius 2 is 1.94 bits per heavy atom. The molecule has 0 amide bonds. The highest BCUT2D eigenvalue weighted by atomic mass is 19.1. The third kappa shape index (κ3) is 1.68. The first-order valence-corrected chi connectivity index (χ1v) is 5.71. The maximum atomic E-state index is 13.5. The Bertz CT molecular complexity index is 462. The van der Waals surface area contributed by atoms with Gasteiger partial charge >= 0.3 is 5.97 Å². The standard InChI is InChI=1S/C13H15FO3/c1-8-9(14)4-5-10(15)11(8)13(12(16)17)6-2-3-7-13/h4-5,15H,2-3,6-7H2,1H3,(H,16,17). The minimum Gasteiger partial charge on any atom is -0.508 e. The van der Waals surface area contributed by atoms with E-state index in [1.54, 1.807) is 0 Å². The van der Waals surface area contributed by atoms with Crippen LogP contribution >= 0.6 is 0 Å². The van der Waals surface area contributed by atoms with Crippen LogP contribution in [0.15, 0.2) is 12.1 Å². The van der Waals surface area contributed by atoms with Crippen LogP contribution in [0.4, 0.5) is 4.39 Å². The second-order valence-corrected chi connectivity index (χ2v) is 4.66. The lowest BCUT2D eigenvalue weighted by molar-refractivity contribution is -0.143. The summed E-state index contributed by atoms with van der Waals surface area (Å²) in [6.45, 7) is 1.52. The summed E-state index contributed by atoms with van der Waals surface area (Å²) in [6, 6.07) is 2.40. The number of carboxylic acids is 1. The molecule has 2 N–H and O–H groups in total. The van der Waals surface area contributed by atoms with Gasteiger partial charge in [0.05, 0.1) is 5.41 Å². The quantitative estimate of drug-likeness (QED) is 0.832. The van der Waals surface area contributed by atoms with Gasteiger partial charge in [0.15, 0.2) is 0 Å². The van der Waals surface area contributed by atoms with Gasteiger partial charge in [-0.15, -0.1) is 0 Å². The van der Waals surface area contributed by atoms with E-state index in [9.17, 15) is 19.4 Å². The molecule has 2 rings (SSSR count). The molecule has 0 atom stereocenters. The maximum absolute atomic E-state index is 13.5. The Kier molecular flexibility index (Phi) is 2.81. The molecule has 0 spiro atoms. The largest absolute Gasteiger partial charge is 0.508 e. The van der Waals surface area contributed by atoms with Gasteiger partial charge < -0.3 is 10.2 Å². The highest BCUT2D eigenvalue weighted by Gasteiger charge is 2.45. The van der Waals surface area contributed by atoms with Crippen LogP contribution in [-0.2, 0) is 10.2 Å². The number of phenols is 1. The highest BCUT2D eigenvalue weighted by molar-refractivity contribution is 5.83. The topological polar surface area (TPSA) is 57.5 Å². The summed E-state index contributed by atoms with van der Waals surface area (Å²) < 4.78 is 13.5. The van der Waals surface area contributed by atoms with Gasteiger partial charge in [-0.1, -0.05) is 12.8 Å². The fourth-order valence-electron chi connectivity index (χ4n) is 2.83. The third-order valence-corrected chi connectivity index (χ3v) is 3.72. The predicted molar refractivity (Wildman–Crippen MR) is 60.6 cm³/mol. The maximum Gasteiger partial charge on any atom is 0.314 e. The van der Waals surface area contributed by atoms with Crippen molar-refractivity contribution in [1.29, 1.82) is 0 Å². The normalized spacial score (nSPS) is 18.2. The molecule has 92 valence electrons. The van der Waals surface area contributed by atoms with Gasteiger partial charge in [-0.3, -0.25) is 4.79 Å². The number of carboxylic acid groups (broad SMARTS) is 1. The number of benzene rings is 1. The molecule has 0 bridgehead atoms. The van der Waals surface area contributed by atoms with Gasteiger partial charge in [-0.25, -0.2) is 4.39 Å². The number of halogens is 1. The van der Waals surface area contributed by atoms with Crippen molar-refractivity contribution in [3.05, 3.63) is 29.1 Å². The molecule has 0 aromatic heterocycles. The second-order valence-electron chi connectivity index (χ2n) is 4.66. The first-order valence-electron chi connectivity index (χ1n) is 5.71. The van der Waals surface area contributed by atoms with Gasteiger partial charge in [0.2, 0.25) is 0 Å². The zero-order valence-corrected chi connectivity index (χ0v) is 9.66. The van der Waals surface area contributed by atoms with Crippen molar-refractivity contribution in [3.63, 3.8) is 0 Å². The van der Waals surface area contributed by atoms with E-state index in [4.69, 9.17) is 0 Å². The molecule has 0 saturated heterocycles. The number of rotatable bonds is 2. The molecule has 0 aliphatic heterocycles. The number of aliphatic carboxylic acids is 1. The number of phenolic OH excluding ortho intramolecular Hbond substituents is 1. The fourth-order valence-corrected chi connectivity index (χ4v) is 2.83. The lowest BCUT2D eigenvalue weighted by Crippen LogP contribution is -2.33. The molecular weight excluding hydrogens is 223 g/mol. The molecule has 17 heavy (non-hydrogen) atoms. The van der Waals surface area contributed by atoms with Gasteiger partial charge in [0, 0.05) is 5.56 Å². The van der Waals surface area contributed by atoms with Crippen molar-refractivity contribution in [1.82, 2.24) is 0 Å². The van der Waals surface area contributed by atoms with Gasteiger partial charge in [-0.2, -0.15) is 0 Å². The van der Waals surface area contributed by atoms with E-state index in [2.05, 4.69) is 0 Å². The smallest absolute Gasteiger partial charge is 0.314 e. The van der Waals surface area contributed by atoms with Gasteiger partial charge in [0.1, 0.15) is 11.6 Å². The summed E-state index contributed by atoms with van der Waals surface area (Å²) >= 11 is 0. The van der Waals surface area contributed by atoms with Crippen LogP contribution in [0.25, 0.3) is 0 Å². The highest BCUT2D eigenvalue weighted by Crippen LogP contribution is 2.46. The average molecular weight is 238 g/mol. The number of carbonyl (C=O) groups is 1. The van der Waals surface area contributed by atoms with Crippen molar-refractivity contribution in [2.45, 2.75) is 38.0 Å². The Morgan fingerprint density at radius 1 is 1.35 bits per heavy atom. The van der Waals surface area contributed by atoms with Crippen LogP contribution in [-0.4, -0.2) is 16.2 Å².